The van der Waals surface area contributed by atoms with Crippen molar-refractivity contribution >= 4 is 18.0 Å². The minimum Gasteiger partial charge on any atom is -0.479 e. The summed E-state index contributed by atoms with van der Waals surface area (Å²) < 4.78 is 5.54. The molecular weight excluding hydrogens is 444 g/mol. The fraction of sp³-hybridized carbons (Fsp3) is 0.250. The molecule has 0 spiro atoms. The molecule has 7 nitrogen and oxygen atoms in total. The zero-order chi connectivity index (χ0) is 25.2. The van der Waals surface area contributed by atoms with Gasteiger partial charge >= 0.3 is 12.1 Å². The number of carbonyl (C=O) groups is 3. The average molecular weight is 473 g/mol. The molecular formula is C28H28N2O5. The minimum absolute atomic E-state index is 0.106. The van der Waals surface area contributed by atoms with Gasteiger partial charge in [-0.3, -0.25) is 4.79 Å². The van der Waals surface area contributed by atoms with Crippen LogP contribution >= 0.6 is 0 Å². The number of alkyl carbamates (subject to hydrolysis) is 1. The van der Waals surface area contributed by atoms with Crippen LogP contribution in [-0.4, -0.2) is 35.2 Å². The van der Waals surface area contributed by atoms with E-state index in [1.165, 1.54) is 20.8 Å². The van der Waals surface area contributed by atoms with Gasteiger partial charge in [-0.2, -0.15) is 0 Å². The van der Waals surface area contributed by atoms with E-state index in [1.54, 1.807) is 30.3 Å². The van der Waals surface area contributed by atoms with Gasteiger partial charge in [0.1, 0.15) is 12.1 Å². The summed E-state index contributed by atoms with van der Waals surface area (Å²) in [6, 6.07) is 24.4. The van der Waals surface area contributed by atoms with Gasteiger partial charge in [0, 0.05) is 5.92 Å². The van der Waals surface area contributed by atoms with Crippen LogP contribution in [0.1, 0.15) is 43.4 Å². The highest BCUT2D eigenvalue weighted by molar-refractivity contribution is 5.94. The summed E-state index contributed by atoms with van der Waals surface area (Å²) in [6.45, 7) is 4.51. The number of aliphatic carboxylic acids is 1. The molecule has 4 rings (SSSR count). The summed E-state index contributed by atoms with van der Waals surface area (Å²) in [5.74, 6) is -1.98. The number of benzene rings is 3. The topological polar surface area (TPSA) is 105 Å². The molecule has 0 radical (unpaired) electrons. The Hall–Kier alpha value is -4.13. The number of carboxylic acids is 1. The first-order chi connectivity index (χ1) is 16.6. The van der Waals surface area contributed by atoms with Crippen LogP contribution in [0.3, 0.4) is 0 Å². The Labute approximate surface area is 204 Å². The molecule has 0 saturated heterocycles. The van der Waals surface area contributed by atoms with Crippen LogP contribution in [0.2, 0.25) is 0 Å². The van der Waals surface area contributed by atoms with Gasteiger partial charge in [-0.15, -0.1) is 0 Å². The van der Waals surface area contributed by atoms with Gasteiger partial charge in [0.15, 0.2) is 5.54 Å². The Morgan fingerprint density at radius 2 is 1.31 bits per heavy atom. The number of rotatable bonds is 7. The highest BCUT2D eigenvalue weighted by Crippen LogP contribution is 2.44. The number of carbonyl (C=O) groups excluding carboxylic acids is 2. The molecule has 3 aromatic rings. The number of amides is 2. The van der Waals surface area contributed by atoms with Gasteiger partial charge in [-0.05, 0) is 48.6 Å². The van der Waals surface area contributed by atoms with Crippen molar-refractivity contribution in [1.82, 2.24) is 10.6 Å². The van der Waals surface area contributed by atoms with Gasteiger partial charge in [0.2, 0.25) is 5.91 Å². The van der Waals surface area contributed by atoms with Crippen LogP contribution < -0.4 is 10.6 Å². The summed E-state index contributed by atoms with van der Waals surface area (Å²) in [5, 5.41) is 15.0. The van der Waals surface area contributed by atoms with Crippen LogP contribution in [0.4, 0.5) is 4.79 Å². The monoisotopic (exact) mass is 472 g/mol. The fourth-order valence-electron chi connectivity index (χ4n) is 4.35. The standard InChI is InChI=1S/C28H28N2O5/c1-27(2,24(31)29-28(3,25(32)33)18-11-5-4-6-12-18)30-26(34)35-17-23-21-15-9-7-13-19(21)20-14-8-10-16-22(20)23/h4-16,23H,17H2,1-3H3,(H,29,31)(H,30,34)(H,32,33). The quantitative estimate of drug-likeness (QED) is 0.472. The lowest BCUT2D eigenvalue weighted by Crippen LogP contribution is -2.60. The van der Waals surface area contributed by atoms with Crippen LogP contribution in [-0.2, 0) is 19.9 Å². The maximum atomic E-state index is 13.0. The number of ether oxygens (including phenoxy) is 1. The summed E-state index contributed by atoms with van der Waals surface area (Å²) in [5.41, 5.74) is 1.72. The second-order valence-corrected chi connectivity index (χ2v) is 9.33. The van der Waals surface area contributed by atoms with E-state index in [9.17, 15) is 19.5 Å². The number of hydrogen-bond donors (Lipinski definition) is 3. The summed E-state index contributed by atoms with van der Waals surface area (Å²) in [7, 11) is 0. The molecule has 1 aliphatic rings. The first-order valence-corrected chi connectivity index (χ1v) is 11.4. The van der Waals surface area contributed by atoms with Crippen LogP contribution in [0.5, 0.6) is 0 Å². The van der Waals surface area contributed by atoms with Gasteiger partial charge in [-0.1, -0.05) is 78.9 Å². The largest absolute Gasteiger partial charge is 0.479 e. The Morgan fingerprint density at radius 1 is 0.800 bits per heavy atom. The molecule has 1 unspecified atom stereocenters. The van der Waals surface area contributed by atoms with Crippen LogP contribution in [0.15, 0.2) is 78.9 Å². The lowest BCUT2D eigenvalue weighted by molar-refractivity contribution is -0.148. The Bertz CT molecular complexity index is 1230. The molecule has 0 heterocycles. The second kappa shape index (κ2) is 9.25. The Balaban J connectivity index is 1.43. The summed E-state index contributed by atoms with van der Waals surface area (Å²) in [4.78, 5) is 37.8. The van der Waals surface area contributed by atoms with Gasteiger partial charge in [-0.25, -0.2) is 9.59 Å². The van der Waals surface area contributed by atoms with Crippen molar-refractivity contribution in [2.75, 3.05) is 6.61 Å². The van der Waals surface area contributed by atoms with E-state index >= 15 is 0 Å². The first-order valence-electron chi connectivity index (χ1n) is 11.4. The number of carboxylic acid groups (broad SMARTS) is 1. The predicted molar refractivity (Wildman–Crippen MR) is 132 cm³/mol. The fourth-order valence-corrected chi connectivity index (χ4v) is 4.35. The van der Waals surface area contributed by atoms with Crippen molar-refractivity contribution in [3.05, 3.63) is 95.6 Å². The molecule has 180 valence electrons. The van der Waals surface area contributed by atoms with E-state index < -0.39 is 29.0 Å². The Morgan fingerprint density at radius 3 is 1.86 bits per heavy atom. The molecule has 35 heavy (non-hydrogen) atoms. The van der Waals surface area contributed by atoms with Crippen molar-refractivity contribution in [3.8, 4) is 11.1 Å². The molecule has 0 fully saturated rings. The highest BCUT2D eigenvalue weighted by Gasteiger charge is 2.41. The molecule has 0 aromatic heterocycles. The van der Waals surface area contributed by atoms with Crippen molar-refractivity contribution in [2.45, 2.75) is 37.8 Å². The molecule has 7 heteroatoms. The smallest absolute Gasteiger partial charge is 0.408 e. The third-order valence-electron chi connectivity index (χ3n) is 6.47. The molecule has 1 atom stereocenters. The molecule has 1 aliphatic carbocycles. The van der Waals surface area contributed by atoms with E-state index in [0.717, 1.165) is 22.3 Å². The highest BCUT2D eigenvalue weighted by atomic mass is 16.5. The molecule has 3 N–H and O–H groups in total. The lowest BCUT2D eigenvalue weighted by atomic mass is 9.90. The second-order valence-electron chi connectivity index (χ2n) is 9.33. The third kappa shape index (κ3) is 4.62. The van der Waals surface area contributed by atoms with Gasteiger partial charge < -0.3 is 20.5 Å². The van der Waals surface area contributed by atoms with E-state index in [1.807, 2.05) is 48.5 Å². The van der Waals surface area contributed by atoms with Crippen LogP contribution in [0.25, 0.3) is 11.1 Å². The normalized spacial score (nSPS) is 14.3. The molecule has 0 bridgehead atoms. The summed E-state index contributed by atoms with van der Waals surface area (Å²) >= 11 is 0. The molecule has 3 aromatic carbocycles. The first kappa shape index (κ1) is 24.0. The van der Waals surface area contributed by atoms with E-state index in [0.29, 0.717) is 5.56 Å². The van der Waals surface area contributed by atoms with E-state index in [4.69, 9.17) is 4.74 Å². The third-order valence-corrected chi connectivity index (χ3v) is 6.47. The van der Waals surface area contributed by atoms with Gasteiger partial charge in [0.05, 0.1) is 0 Å². The predicted octanol–water partition coefficient (Wildman–Crippen LogP) is 4.42. The number of fused-ring (bicyclic) bond motifs is 3. The van der Waals surface area contributed by atoms with Crippen molar-refractivity contribution in [3.63, 3.8) is 0 Å². The maximum Gasteiger partial charge on any atom is 0.408 e. The molecule has 0 saturated carbocycles. The zero-order valence-electron chi connectivity index (χ0n) is 19.9. The van der Waals surface area contributed by atoms with E-state index in [2.05, 4.69) is 10.6 Å². The zero-order valence-corrected chi connectivity index (χ0v) is 19.9. The van der Waals surface area contributed by atoms with Crippen molar-refractivity contribution in [1.29, 1.82) is 0 Å². The molecule has 0 aliphatic heterocycles. The maximum absolute atomic E-state index is 13.0. The number of nitrogens with one attached hydrogen (secondary N) is 2. The van der Waals surface area contributed by atoms with E-state index in [-0.39, 0.29) is 12.5 Å². The minimum atomic E-state index is -1.67. The summed E-state index contributed by atoms with van der Waals surface area (Å²) in [6.07, 6.45) is -0.760. The van der Waals surface area contributed by atoms with Crippen LogP contribution in [0, 0.1) is 0 Å². The van der Waals surface area contributed by atoms with Crippen molar-refractivity contribution < 1.29 is 24.2 Å². The van der Waals surface area contributed by atoms with Crippen molar-refractivity contribution in [2.24, 2.45) is 0 Å². The number of hydrogen-bond acceptors (Lipinski definition) is 4. The Kier molecular flexibility index (Phi) is 6.35. The average Bonchev–Trinajstić information content (AvgIpc) is 3.16. The SMILES string of the molecule is CC(C)(NC(=O)OCC1c2ccccc2-c2ccccc21)C(=O)NC(C)(C(=O)O)c1ccccc1. The molecule has 2 amide bonds. The lowest BCUT2D eigenvalue weighted by Gasteiger charge is -2.32. The van der Waals surface area contributed by atoms with Gasteiger partial charge in [0.25, 0.3) is 0 Å².